The van der Waals surface area contributed by atoms with E-state index in [1.165, 1.54) is 19.3 Å². The van der Waals surface area contributed by atoms with Crippen LogP contribution in [0.3, 0.4) is 0 Å². The Morgan fingerprint density at radius 2 is 2.16 bits per heavy atom. The first-order valence-corrected chi connectivity index (χ1v) is 9.63. The van der Waals surface area contributed by atoms with Crippen molar-refractivity contribution in [3.8, 4) is 5.75 Å². The lowest BCUT2D eigenvalue weighted by Gasteiger charge is -2.25. The van der Waals surface area contributed by atoms with Gasteiger partial charge in [-0.05, 0) is 37.3 Å². The molecule has 1 aromatic heterocycles. The molecule has 2 aromatic rings. The minimum atomic E-state index is -0.142. The fraction of sp³-hybridized carbons (Fsp3) is 0.550. The van der Waals surface area contributed by atoms with Gasteiger partial charge < -0.3 is 15.0 Å². The zero-order chi connectivity index (χ0) is 17.4. The van der Waals surface area contributed by atoms with Gasteiger partial charge in [0.2, 0.25) is 5.91 Å². The first-order chi connectivity index (χ1) is 12.0. The number of benzene rings is 1. The van der Waals surface area contributed by atoms with Gasteiger partial charge in [-0.3, -0.25) is 4.79 Å². The Labute approximate surface area is 153 Å². The van der Waals surface area contributed by atoms with Crippen LogP contribution >= 0.6 is 11.6 Å². The summed E-state index contributed by atoms with van der Waals surface area (Å²) in [5.41, 5.74) is 1.83. The standard InChI is InChI=1S/C20H25ClN2O2/c1-20(6-7-20)19(24)22-12-15-9-14-10-16(21)18(11-17(14)23-15)25-8-5-13-3-2-4-13/h9-11,13,23H,2-8,12H2,1H3,(H,22,24). The second-order valence-corrected chi connectivity index (χ2v) is 8.25. The third-order valence-electron chi connectivity index (χ3n) is 5.72. The maximum Gasteiger partial charge on any atom is 0.226 e. The lowest BCUT2D eigenvalue weighted by molar-refractivity contribution is -0.125. The molecule has 0 atom stereocenters. The molecule has 0 saturated heterocycles. The third kappa shape index (κ3) is 3.64. The molecule has 2 aliphatic rings. The summed E-state index contributed by atoms with van der Waals surface area (Å²) in [6.45, 7) is 3.25. The van der Waals surface area contributed by atoms with Gasteiger partial charge in [0, 0.05) is 28.1 Å². The van der Waals surface area contributed by atoms with Gasteiger partial charge in [-0.2, -0.15) is 0 Å². The van der Waals surface area contributed by atoms with Crippen LogP contribution in [-0.2, 0) is 11.3 Å². The van der Waals surface area contributed by atoms with Gasteiger partial charge in [0.15, 0.2) is 0 Å². The van der Waals surface area contributed by atoms with Gasteiger partial charge >= 0.3 is 0 Å². The highest BCUT2D eigenvalue weighted by atomic mass is 35.5. The number of H-pyrrole nitrogens is 1. The zero-order valence-electron chi connectivity index (χ0n) is 14.7. The van der Waals surface area contributed by atoms with Crippen molar-refractivity contribution in [2.75, 3.05) is 6.61 Å². The molecular weight excluding hydrogens is 336 g/mol. The molecule has 2 N–H and O–H groups in total. The maximum absolute atomic E-state index is 12.1. The molecule has 0 bridgehead atoms. The van der Waals surface area contributed by atoms with Crippen molar-refractivity contribution in [3.05, 3.63) is 28.9 Å². The molecule has 1 heterocycles. The van der Waals surface area contributed by atoms with Crippen molar-refractivity contribution < 1.29 is 9.53 Å². The van der Waals surface area contributed by atoms with Crippen molar-refractivity contribution in [1.29, 1.82) is 0 Å². The molecule has 0 unspecified atom stereocenters. The van der Waals surface area contributed by atoms with Gasteiger partial charge in [0.1, 0.15) is 5.75 Å². The average molecular weight is 361 g/mol. The lowest BCUT2D eigenvalue weighted by Crippen LogP contribution is -2.29. The highest BCUT2D eigenvalue weighted by Crippen LogP contribution is 2.45. The second-order valence-electron chi connectivity index (χ2n) is 7.84. The number of hydrogen-bond donors (Lipinski definition) is 2. The SMILES string of the molecule is CC1(C(=O)NCc2cc3cc(Cl)c(OCCC4CCC4)cc3[nH]2)CC1. The van der Waals surface area contributed by atoms with E-state index in [1.54, 1.807) is 0 Å². The number of carbonyl (C=O) groups excluding carboxylic acids is 1. The van der Waals surface area contributed by atoms with Gasteiger partial charge in [0.25, 0.3) is 0 Å². The molecule has 1 amide bonds. The van der Waals surface area contributed by atoms with Crippen LogP contribution in [0.4, 0.5) is 0 Å². The molecule has 0 spiro atoms. The Morgan fingerprint density at radius 1 is 1.36 bits per heavy atom. The van der Waals surface area contributed by atoms with E-state index in [-0.39, 0.29) is 11.3 Å². The Morgan fingerprint density at radius 3 is 2.84 bits per heavy atom. The van der Waals surface area contributed by atoms with E-state index in [1.807, 2.05) is 25.1 Å². The summed E-state index contributed by atoms with van der Waals surface area (Å²) in [5.74, 6) is 1.71. The van der Waals surface area contributed by atoms with E-state index in [0.29, 0.717) is 11.6 Å². The number of halogens is 1. The molecule has 0 radical (unpaired) electrons. The van der Waals surface area contributed by atoms with E-state index < -0.39 is 0 Å². The zero-order valence-corrected chi connectivity index (χ0v) is 15.4. The number of hydrogen-bond acceptors (Lipinski definition) is 2. The Hall–Kier alpha value is -1.68. The van der Waals surface area contributed by atoms with Crippen LogP contribution in [0.1, 0.15) is 51.1 Å². The third-order valence-corrected chi connectivity index (χ3v) is 6.02. The summed E-state index contributed by atoms with van der Waals surface area (Å²) in [7, 11) is 0. The van der Waals surface area contributed by atoms with Gasteiger partial charge in [-0.1, -0.05) is 37.8 Å². The molecule has 2 saturated carbocycles. The summed E-state index contributed by atoms with van der Waals surface area (Å²) in [5, 5.41) is 4.70. The summed E-state index contributed by atoms with van der Waals surface area (Å²) >= 11 is 6.36. The van der Waals surface area contributed by atoms with Crippen molar-refractivity contribution in [3.63, 3.8) is 0 Å². The monoisotopic (exact) mass is 360 g/mol. The number of fused-ring (bicyclic) bond motifs is 1. The topological polar surface area (TPSA) is 54.1 Å². The quantitative estimate of drug-likeness (QED) is 0.744. The predicted molar refractivity (Wildman–Crippen MR) is 99.9 cm³/mol. The summed E-state index contributed by atoms with van der Waals surface area (Å²) < 4.78 is 5.89. The van der Waals surface area contributed by atoms with Crippen LogP contribution in [-0.4, -0.2) is 17.5 Å². The van der Waals surface area contributed by atoms with E-state index in [9.17, 15) is 4.79 Å². The van der Waals surface area contributed by atoms with Crippen LogP contribution in [0.5, 0.6) is 5.75 Å². The first kappa shape index (κ1) is 16.8. The fourth-order valence-corrected chi connectivity index (χ4v) is 3.55. The molecule has 134 valence electrons. The smallest absolute Gasteiger partial charge is 0.226 e. The van der Waals surface area contributed by atoms with Crippen LogP contribution in [0, 0.1) is 11.3 Å². The lowest BCUT2D eigenvalue weighted by atomic mass is 9.83. The molecule has 2 fully saturated rings. The van der Waals surface area contributed by atoms with Crippen LogP contribution in [0.2, 0.25) is 5.02 Å². The number of ether oxygens (including phenoxy) is 1. The number of aromatic amines is 1. The van der Waals surface area contributed by atoms with Crippen molar-refractivity contribution >= 4 is 28.4 Å². The van der Waals surface area contributed by atoms with Crippen molar-refractivity contribution in [2.24, 2.45) is 11.3 Å². The molecule has 0 aliphatic heterocycles. The first-order valence-electron chi connectivity index (χ1n) is 9.26. The van der Waals surface area contributed by atoms with Gasteiger partial charge in [0.05, 0.1) is 18.2 Å². The van der Waals surface area contributed by atoms with Crippen LogP contribution in [0.25, 0.3) is 10.9 Å². The Kier molecular flexibility index (Phi) is 4.40. The van der Waals surface area contributed by atoms with Gasteiger partial charge in [-0.15, -0.1) is 0 Å². The summed E-state index contributed by atoms with van der Waals surface area (Å²) in [4.78, 5) is 15.4. The minimum Gasteiger partial charge on any atom is -0.492 e. The normalized spacial score (nSPS) is 18.8. The fourth-order valence-electron chi connectivity index (χ4n) is 3.32. The summed E-state index contributed by atoms with van der Waals surface area (Å²) in [6, 6.07) is 5.93. The van der Waals surface area contributed by atoms with Crippen LogP contribution in [0.15, 0.2) is 18.2 Å². The van der Waals surface area contributed by atoms with Crippen LogP contribution < -0.4 is 10.1 Å². The summed E-state index contributed by atoms with van der Waals surface area (Å²) in [6.07, 6.45) is 7.11. The number of carbonyl (C=O) groups is 1. The molecule has 4 nitrogen and oxygen atoms in total. The molecule has 1 aromatic carbocycles. The Balaban J connectivity index is 1.39. The molecule has 25 heavy (non-hydrogen) atoms. The number of nitrogens with one attached hydrogen (secondary N) is 2. The van der Waals surface area contributed by atoms with E-state index in [2.05, 4.69) is 10.3 Å². The maximum atomic E-state index is 12.1. The van der Waals surface area contributed by atoms with Gasteiger partial charge in [-0.25, -0.2) is 0 Å². The highest BCUT2D eigenvalue weighted by Gasteiger charge is 2.44. The number of amides is 1. The van der Waals surface area contributed by atoms with E-state index >= 15 is 0 Å². The van der Waals surface area contributed by atoms with E-state index in [4.69, 9.17) is 16.3 Å². The van der Waals surface area contributed by atoms with E-state index in [0.717, 1.165) is 54.1 Å². The molecule has 4 rings (SSSR count). The largest absolute Gasteiger partial charge is 0.492 e. The van der Waals surface area contributed by atoms with Crippen molar-refractivity contribution in [1.82, 2.24) is 10.3 Å². The number of aromatic nitrogens is 1. The molecule has 5 heteroatoms. The predicted octanol–water partition coefficient (Wildman–Crippen LogP) is 4.81. The Bertz CT molecular complexity index is 790. The average Bonchev–Trinajstić information content (AvgIpc) is 3.17. The molecule has 2 aliphatic carbocycles. The second kappa shape index (κ2) is 6.56. The number of rotatable bonds is 7. The van der Waals surface area contributed by atoms with Crippen molar-refractivity contribution in [2.45, 2.75) is 52.0 Å². The minimum absolute atomic E-state index is 0.142. The highest BCUT2D eigenvalue weighted by molar-refractivity contribution is 6.32. The molecular formula is C20H25ClN2O2.